The Hall–Kier alpha value is -2.53. The first-order chi connectivity index (χ1) is 11.0. The number of imidazole rings is 1. The molecule has 0 spiro atoms. The van der Waals surface area contributed by atoms with Gasteiger partial charge in [-0.15, -0.1) is 0 Å². The van der Waals surface area contributed by atoms with Gasteiger partial charge in [-0.05, 0) is 37.6 Å². The van der Waals surface area contributed by atoms with Gasteiger partial charge >= 0.3 is 0 Å². The van der Waals surface area contributed by atoms with Gasteiger partial charge in [-0.3, -0.25) is 4.79 Å². The van der Waals surface area contributed by atoms with Crippen LogP contribution in [0.2, 0.25) is 5.02 Å². The number of pyridine rings is 1. The first kappa shape index (κ1) is 15.4. The summed E-state index contributed by atoms with van der Waals surface area (Å²) in [6.45, 7) is 3.76. The first-order valence-corrected chi connectivity index (χ1v) is 7.47. The summed E-state index contributed by atoms with van der Waals surface area (Å²) in [7, 11) is 1.54. The standard InChI is InChI=1S/C17H16ClN3O2/c1-10-7-14(15(23-3)8-13(10)18)20-17(22)12-5-4-6-21-9-11(2)19-16(12)21/h4-9H,1-3H3,(H,20,22). The van der Waals surface area contributed by atoms with Gasteiger partial charge in [0.25, 0.3) is 5.91 Å². The minimum absolute atomic E-state index is 0.249. The summed E-state index contributed by atoms with van der Waals surface area (Å²) in [6, 6.07) is 7.03. The van der Waals surface area contributed by atoms with Crippen LogP contribution in [0.4, 0.5) is 5.69 Å². The Bertz CT molecular complexity index is 902. The molecule has 0 fully saturated rings. The number of hydrogen-bond donors (Lipinski definition) is 1. The molecule has 0 atom stereocenters. The Kier molecular flexibility index (Phi) is 3.96. The molecule has 23 heavy (non-hydrogen) atoms. The molecule has 3 aromatic rings. The van der Waals surface area contributed by atoms with E-state index in [0.717, 1.165) is 11.3 Å². The minimum Gasteiger partial charge on any atom is -0.495 e. The summed E-state index contributed by atoms with van der Waals surface area (Å²) in [4.78, 5) is 17.0. The SMILES string of the molecule is COc1cc(Cl)c(C)cc1NC(=O)c1cccn2cc(C)nc12. The van der Waals surface area contributed by atoms with Crippen molar-refractivity contribution in [2.75, 3.05) is 12.4 Å². The van der Waals surface area contributed by atoms with E-state index in [0.29, 0.717) is 27.7 Å². The lowest BCUT2D eigenvalue weighted by atomic mass is 10.2. The molecule has 2 heterocycles. The average molecular weight is 330 g/mol. The van der Waals surface area contributed by atoms with Crippen LogP contribution < -0.4 is 10.1 Å². The Morgan fingerprint density at radius 3 is 2.87 bits per heavy atom. The molecule has 2 aromatic heterocycles. The van der Waals surface area contributed by atoms with E-state index in [2.05, 4.69) is 10.3 Å². The molecule has 0 radical (unpaired) electrons. The number of carbonyl (C=O) groups excluding carboxylic acids is 1. The maximum Gasteiger partial charge on any atom is 0.259 e. The number of anilines is 1. The highest BCUT2D eigenvalue weighted by Crippen LogP contribution is 2.31. The summed E-state index contributed by atoms with van der Waals surface area (Å²) in [6.07, 6.45) is 3.73. The van der Waals surface area contributed by atoms with Gasteiger partial charge in [-0.2, -0.15) is 0 Å². The zero-order chi connectivity index (χ0) is 16.6. The Morgan fingerprint density at radius 2 is 2.13 bits per heavy atom. The summed E-state index contributed by atoms with van der Waals surface area (Å²) in [5.74, 6) is 0.265. The lowest BCUT2D eigenvalue weighted by Gasteiger charge is -2.12. The summed E-state index contributed by atoms with van der Waals surface area (Å²) < 4.78 is 7.12. The highest BCUT2D eigenvalue weighted by atomic mass is 35.5. The van der Waals surface area contributed by atoms with Crippen molar-refractivity contribution in [3.05, 3.63) is 58.5 Å². The minimum atomic E-state index is -0.249. The largest absolute Gasteiger partial charge is 0.495 e. The summed E-state index contributed by atoms with van der Waals surface area (Å²) >= 11 is 6.09. The van der Waals surface area contributed by atoms with Crippen LogP contribution in [0.25, 0.3) is 5.65 Å². The van der Waals surface area contributed by atoms with E-state index in [-0.39, 0.29) is 5.91 Å². The fraction of sp³-hybridized carbons (Fsp3) is 0.176. The molecule has 1 amide bonds. The molecule has 118 valence electrons. The van der Waals surface area contributed by atoms with Crippen LogP contribution in [-0.4, -0.2) is 22.4 Å². The number of nitrogens with zero attached hydrogens (tertiary/aromatic N) is 2. The second-order valence-electron chi connectivity index (χ2n) is 5.29. The predicted molar refractivity (Wildman–Crippen MR) is 90.6 cm³/mol. The number of hydrogen-bond acceptors (Lipinski definition) is 3. The van der Waals surface area contributed by atoms with Crippen molar-refractivity contribution in [3.8, 4) is 5.75 Å². The number of carbonyl (C=O) groups is 1. The number of halogens is 1. The molecule has 0 bridgehead atoms. The molecule has 5 nitrogen and oxygen atoms in total. The number of ether oxygens (including phenoxy) is 1. The van der Waals surface area contributed by atoms with Crippen LogP contribution in [0.3, 0.4) is 0 Å². The summed E-state index contributed by atoms with van der Waals surface area (Å²) in [5, 5.41) is 3.46. The zero-order valence-corrected chi connectivity index (χ0v) is 13.8. The molecule has 0 saturated heterocycles. The number of fused-ring (bicyclic) bond motifs is 1. The second-order valence-corrected chi connectivity index (χ2v) is 5.70. The number of methoxy groups -OCH3 is 1. The van der Waals surface area contributed by atoms with E-state index in [4.69, 9.17) is 16.3 Å². The average Bonchev–Trinajstić information content (AvgIpc) is 2.90. The van der Waals surface area contributed by atoms with Crippen LogP contribution in [0.5, 0.6) is 5.75 Å². The van der Waals surface area contributed by atoms with E-state index < -0.39 is 0 Å². The molecule has 0 saturated carbocycles. The predicted octanol–water partition coefficient (Wildman–Crippen LogP) is 3.87. The third kappa shape index (κ3) is 2.87. The molecule has 0 aliphatic heterocycles. The van der Waals surface area contributed by atoms with Crippen LogP contribution in [-0.2, 0) is 0 Å². The first-order valence-electron chi connectivity index (χ1n) is 7.09. The van der Waals surface area contributed by atoms with E-state index >= 15 is 0 Å². The fourth-order valence-corrected chi connectivity index (χ4v) is 2.59. The smallest absolute Gasteiger partial charge is 0.259 e. The van der Waals surface area contributed by atoms with E-state index in [1.165, 1.54) is 7.11 Å². The van der Waals surface area contributed by atoms with E-state index in [1.807, 2.05) is 36.7 Å². The third-order valence-corrected chi connectivity index (χ3v) is 3.98. The molecular formula is C17H16ClN3O2. The van der Waals surface area contributed by atoms with Gasteiger partial charge in [0, 0.05) is 23.5 Å². The fourth-order valence-electron chi connectivity index (χ4n) is 2.43. The number of rotatable bonds is 3. The van der Waals surface area contributed by atoms with Gasteiger partial charge in [-0.25, -0.2) is 4.98 Å². The third-order valence-electron chi connectivity index (χ3n) is 3.58. The van der Waals surface area contributed by atoms with Gasteiger partial charge < -0.3 is 14.5 Å². The highest BCUT2D eigenvalue weighted by molar-refractivity contribution is 6.31. The summed E-state index contributed by atoms with van der Waals surface area (Å²) in [5.41, 5.74) is 3.40. The molecular weight excluding hydrogens is 314 g/mol. The van der Waals surface area contributed by atoms with Crippen molar-refractivity contribution in [1.82, 2.24) is 9.38 Å². The molecule has 0 aliphatic rings. The van der Waals surface area contributed by atoms with Gasteiger partial charge in [0.05, 0.1) is 24.1 Å². The van der Waals surface area contributed by atoms with E-state index in [1.54, 1.807) is 18.2 Å². The van der Waals surface area contributed by atoms with Gasteiger partial charge in [0.2, 0.25) is 0 Å². The van der Waals surface area contributed by atoms with Gasteiger partial charge in [0.1, 0.15) is 11.4 Å². The molecule has 0 aliphatic carbocycles. The number of aryl methyl sites for hydroxylation is 2. The maximum absolute atomic E-state index is 12.6. The zero-order valence-electron chi connectivity index (χ0n) is 13.1. The molecule has 0 unspecified atom stereocenters. The molecule has 1 N–H and O–H groups in total. The van der Waals surface area contributed by atoms with Crippen molar-refractivity contribution in [2.24, 2.45) is 0 Å². The topological polar surface area (TPSA) is 55.6 Å². The van der Waals surface area contributed by atoms with Crippen molar-refractivity contribution in [2.45, 2.75) is 13.8 Å². The van der Waals surface area contributed by atoms with Gasteiger partial charge in [-0.1, -0.05) is 11.6 Å². The molecule has 6 heteroatoms. The number of aromatic nitrogens is 2. The van der Waals surface area contributed by atoms with Crippen LogP contribution in [0.1, 0.15) is 21.6 Å². The number of benzene rings is 1. The normalized spacial score (nSPS) is 10.8. The second kappa shape index (κ2) is 5.93. The lowest BCUT2D eigenvalue weighted by Crippen LogP contribution is -2.14. The van der Waals surface area contributed by atoms with Crippen molar-refractivity contribution in [3.63, 3.8) is 0 Å². The van der Waals surface area contributed by atoms with Crippen molar-refractivity contribution in [1.29, 1.82) is 0 Å². The monoisotopic (exact) mass is 329 g/mol. The van der Waals surface area contributed by atoms with Crippen LogP contribution in [0, 0.1) is 13.8 Å². The Morgan fingerprint density at radius 1 is 1.35 bits per heavy atom. The van der Waals surface area contributed by atoms with Crippen LogP contribution in [0.15, 0.2) is 36.7 Å². The quantitative estimate of drug-likeness (QED) is 0.793. The van der Waals surface area contributed by atoms with Crippen LogP contribution >= 0.6 is 11.6 Å². The van der Waals surface area contributed by atoms with Crippen molar-refractivity contribution >= 4 is 28.8 Å². The highest BCUT2D eigenvalue weighted by Gasteiger charge is 2.15. The Labute approximate surface area is 138 Å². The molecule has 3 rings (SSSR count). The maximum atomic E-state index is 12.6. The van der Waals surface area contributed by atoms with Gasteiger partial charge in [0.15, 0.2) is 0 Å². The van der Waals surface area contributed by atoms with Crippen molar-refractivity contribution < 1.29 is 9.53 Å². The number of amides is 1. The molecule has 1 aromatic carbocycles. The number of nitrogens with one attached hydrogen (secondary N) is 1. The lowest BCUT2D eigenvalue weighted by molar-refractivity contribution is 0.102. The Balaban J connectivity index is 2.00. The van der Waals surface area contributed by atoms with E-state index in [9.17, 15) is 4.79 Å².